The Morgan fingerprint density at radius 2 is 1.87 bits per heavy atom. The van der Waals surface area contributed by atoms with Crippen LogP contribution in [0.2, 0.25) is 0 Å². The van der Waals surface area contributed by atoms with E-state index in [1.807, 2.05) is 0 Å². The van der Waals surface area contributed by atoms with Gasteiger partial charge in [0.05, 0.1) is 6.61 Å². The second-order valence-corrected chi connectivity index (χ2v) is 5.38. The van der Waals surface area contributed by atoms with Crippen LogP contribution < -0.4 is 0 Å². The van der Waals surface area contributed by atoms with E-state index in [9.17, 15) is 9.13 Å². The van der Waals surface area contributed by atoms with Crippen molar-refractivity contribution < 1.29 is 32.6 Å². The van der Waals surface area contributed by atoms with Gasteiger partial charge in [-0.2, -0.15) is 4.31 Å². The smallest absolute Gasteiger partial charge is 0.302 e. The SMILES string of the molecule is C=CC(C)COP(=O)(O)OP(=O)(O)O.[Na]. The first-order valence-electron chi connectivity index (χ1n) is 3.53. The summed E-state index contributed by atoms with van der Waals surface area (Å²) < 4.78 is 28.9. The van der Waals surface area contributed by atoms with Gasteiger partial charge >= 0.3 is 15.6 Å². The van der Waals surface area contributed by atoms with E-state index in [2.05, 4.69) is 15.4 Å². The van der Waals surface area contributed by atoms with Crippen LogP contribution in [0.15, 0.2) is 12.7 Å². The molecule has 0 saturated carbocycles. The van der Waals surface area contributed by atoms with Gasteiger partial charge in [0.15, 0.2) is 0 Å². The van der Waals surface area contributed by atoms with Crippen LogP contribution in [0.1, 0.15) is 6.92 Å². The van der Waals surface area contributed by atoms with Crippen LogP contribution >= 0.6 is 15.6 Å². The fraction of sp³-hybridized carbons (Fsp3) is 0.600. The van der Waals surface area contributed by atoms with Crippen molar-refractivity contribution in [1.29, 1.82) is 0 Å². The predicted octanol–water partition coefficient (Wildman–Crippen LogP) is 0.654. The van der Waals surface area contributed by atoms with Gasteiger partial charge in [-0.3, -0.25) is 4.52 Å². The Kier molecular flexibility index (Phi) is 9.00. The van der Waals surface area contributed by atoms with Crippen molar-refractivity contribution in [2.45, 2.75) is 6.92 Å². The average molecular weight is 269 g/mol. The maximum absolute atomic E-state index is 10.8. The van der Waals surface area contributed by atoms with Crippen molar-refractivity contribution in [3.8, 4) is 0 Å². The van der Waals surface area contributed by atoms with E-state index in [0.29, 0.717) is 0 Å². The van der Waals surface area contributed by atoms with Crippen molar-refractivity contribution in [3.05, 3.63) is 12.7 Å². The molecule has 3 N–H and O–H groups in total. The van der Waals surface area contributed by atoms with E-state index in [-0.39, 0.29) is 42.1 Å². The zero-order valence-corrected chi connectivity index (χ0v) is 12.2. The van der Waals surface area contributed by atoms with Gasteiger partial charge < -0.3 is 14.7 Å². The summed E-state index contributed by atoms with van der Waals surface area (Å²) in [6.07, 6.45) is 1.46. The van der Waals surface area contributed by atoms with Crippen molar-refractivity contribution >= 4 is 45.2 Å². The van der Waals surface area contributed by atoms with Crippen molar-refractivity contribution in [3.63, 3.8) is 0 Å². The van der Waals surface area contributed by atoms with E-state index in [1.54, 1.807) is 6.92 Å². The first kappa shape index (κ1) is 18.4. The zero-order chi connectivity index (χ0) is 11.4. The summed E-state index contributed by atoms with van der Waals surface area (Å²) in [4.78, 5) is 25.2. The normalized spacial score (nSPS) is 17.3. The predicted molar refractivity (Wildman–Crippen MR) is 54.0 cm³/mol. The van der Waals surface area contributed by atoms with E-state index < -0.39 is 15.6 Å². The van der Waals surface area contributed by atoms with Gasteiger partial charge in [-0.15, -0.1) is 6.58 Å². The van der Waals surface area contributed by atoms with Gasteiger partial charge in [0.1, 0.15) is 0 Å². The summed E-state index contributed by atoms with van der Waals surface area (Å²) in [5.74, 6) is -0.226. The Morgan fingerprint density at radius 1 is 1.40 bits per heavy atom. The average Bonchev–Trinajstić information content (AvgIpc) is 1.96. The van der Waals surface area contributed by atoms with Gasteiger partial charge in [0.25, 0.3) is 0 Å². The van der Waals surface area contributed by atoms with Crippen molar-refractivity contribution in [1.82, 2.24) is 0 Å². The molecule has 0 aliphatic heterocycles. The first-order chi connectivity index (χ1) is 6.16. The number of phosphoric acid groups is 2. The van der Waals surface area contributed by atoms with E-state index in [0.717, 1.165) is 0 Å². The Morgan fingerprint density at radius 3 is 2.20 bits per heavy atom. The second-order valence-electron chi connectivity index (χ2n) is 2.55. The van der Waals surface area contributed by atoms with Crippen LogP contribution in [-0.4, -0.2) is 50.8 Å². The molecule has 2 unspecified atom stereocenters. The molecule has 0 aromatic heterocycles. The topological polar surface area (TPSA) is 113 Å². The molecule has 0 fully saturated rings. The molecule has 0 rings (SSSR count). The van der Waals surface area contributed by atoms with Crippen LogP contribution in [0.25, 0.3) is 0 Å². The van der Waals surface area contributed by atoms with Crippen LogP contribution in [0, 0.1) is 5.92 Å². The van der Waals surface area contributed by atoms with E-state index in [4.69, 9.17) is 14.7 Å². The molecular formula is C5H12NaO7P2. The molecule has 0 spiro atoms. The van der Waals surface area contributed by atoms with Gasteiger partial charge in [-0.1, -0.05) is 13.0 Å². The summed E-state index contributed by atoms with van der Waals surface area (Å²) in [6, 6.07) is 0. The van der Waals surface area contributed by atoms with Gasteiger partial charge in [-0.05, 0) is 5.92 Å². The fourth-order valence-corrected chi connectivity index (χ4v) is 2.13. The molecule has 85 valence electrons. The van der Waals surface area contributed by atoms with E-state index >= 15 is 0 Å². The quantitative estimate of drug-likeness (QED) is 0.368. The Hall–Kier alpha value is 1.00. The number of rotatable bonds is 6. The first-order valence-corrected chi connectivity index (χ1v) is 6.55. The molecule has 0 aromatic carbocycles. The standard InChI is InChI=1S/C5H12O7P2.Na/c1-3-5(2)4-11-14(9,10)12-13(6,7)8;/h3,5H,1,4H2,2H3,(H,9,10)(H2,6,7,8);. The molecular weight excluding hydrogens is 257 g/mol. The summed E-state index contributed by atoms with van der Waals surface area (Å²) in [6.45, 7) is 4.82. The maximum Gasteiger partial charge on any atom is 0.481 e. The van der Waals surface area contributed by atoms with Gasteiger partial charge in [0, 0.05) is 29.6 Å². The monoisotopic (exact) mass is 269 g/mol. The Labute approximate surface area is 110 Å². The van der Waals surface area contributed by atoms with Crippen LogP contribution in [-0.2, 0) is 18.0 Å². The van der Waals surface area contributed by atoms with Crippen molar-refractivity contribution in [2.24, 2.45) is 5.92 Å². The largest absolute Gasteiger partial charge is 0.481 e. The van der Waals surface area contributed by atoms with Gasteiger partial charge in [0.2, 0.25) is 0 Å². The number of hydrogen-bond acceptors (Lipinski definition) is 4. The molecule has 15 heavy (non-hydrogen) atoms. The fourth-order valence-electron chi connectivity index (χ4n) is 0.438. The van der Waals surface area contributed by atoms with Gasteiger partial charge in [-0.25, -0.2) is 9.13 Å². The summed E-state index contributed by atoms with van der Waals surface area (Å²) in [5, 5.41) is 0. The second kappa shape index (κ2) is 7.35. The summed E-state index contributed by atoms with van der Waals surface area (Å²) in [5.41, 5.74) is 0. The third-order valence-corrected chi connectivity index (χ3v) is 3.26. The molecule has 0 bridgehead atoms. The van der Waals surface area contributed by atoms with Crippen LogP contribution in [0.3, 0.4) is 0 Å². The Balaban J connectivity index is 0. The molecule has 7 nitrogen and oxygen atoms in total. The minimum Gasteiger partial charge on any atom is -0.302 e. The number of hydrogen-bond donors (Lipinski definition) is 3. The number of phosphoric ester groups is 1. The van der Waals surface area contributed by atoms with E-state index in [1.165, 1.54) is 6.08 Å². The summed E-state index contributed by atoms with van der Waals surface area (Å²) >= 11 is 0. The molecule has 0 aromatic rings. The molecule has 1 radical (unpaired) electrons. The molecule has 0 amide bonds. The minimum absolute atomic E-state index is 0. The van der Waals surface area contributed by atoms with Crippen molar-refractivity contribution in [2.75, 3.05) is 6.61 Å². The molecule has 10 heteroatoms. The zero-order valence-electron chi connectivity index (χ0n) is 8.44. The maximum atomic E-state index is 10.8. The van der Waals surface area contributed by atoms with Crippen LogP contribution in [0.4, 0.5) is 0 Å². The summed E-state index contributed by atoms with van der Waals surface area (Å²) in [7, 11) is -9.71. The van der Waals surface area contributed by atoms with Crippen LogP contribution in [0.5, 0.6) is 0 Å². The third kappa shape index (κ3) is 11.3. The molecule has 0 aliphatic rings. The Bertz CT molecular complexity index is 287. The molecule has 0 saturated heterocycles. The molecule has 0 heterocycles. The third-order valence-electron chi connectivity index (χ3n) is 1.11. The molecule has 2 atom stereocenters. The molecule has 0 aliphatic carbocycles. The minimum atomic E-state index is -5.02.